The highest BCUT2D eigenvalue weighted by Crippen LogP contribution is 2.38. The molecule has 140 valence electrons. The van der Waals surface area contributed by atoms with Gasteiger partial charge in [0.2, 0.25) is 0 Å². The van der Waals surface area contributed by atoms with Crippen LogP contribution in [-0.2, 0) is 11.2 Å². The molecule has 0 aromatic heterocycles. The Morgan fingerprint density at radius 3 is 2.44 bits per heavy atom. The third-order valence-electron chi connectivity index (χ3n) is 4.70. The molecule has 27 heavy (non-hydrogen) atoms. The Labute approximate surface area is 160 Å². The molecule has 1 aliphatic rings. The molecule has 1 fully saturated rings. The van der Waals surface area contributed by atoms with E-state index in [0.29, 0.717) is 42.0 Å². The van der Waals surface area contributed by atoms with Crippen molar-refractivity contribution in [2.24, 2.45) is 10.4 Å². The van der Waals surface area contributed by atoms with Crippen molar-refractivity contribution in [1.29, 1.82) is 0 Å². The van der Waals surface area contributed by atoms with Gasteiger partial charge in [-0.1, -0.05) is 56.3 Å². The number of nitrogens with zero attached hydrogens (tertiary/aromatic N) is 1. The van der Waals surface area contributed by atoms with E-state index in [1.807, 2.05) is 68.4 Å². The highest BCUT2D eigenvalue weighted by Gasteiger charge is 2.36. The molecule has 1 saturated carbocycles. The van der Waals surface area contributed by atoms with Crippen LogP contribution in [0.15, 0.2) is 70.9 Å². The number of allylic oxidation sites excluding steroid dienone is 2. The summed E-state index contributed by atoms with van der Waals surface area (Å²) in [5.74, 6) is 0.659. The van der Waals surface area contributed by atoms with Gasteiger partial charge in [0.05, 0.1) is 18.4 Å². The molecule has 0 radical (unpaired) electrons. The minimum absolute atomic E-state index is 0.0617. The lowest BCUT2D eigenvalue weighted by atomic mass is 9.73. The highest BCUT2D eigenvalue weighted by atomic mass is 16.5. The van der Waals surface area contributed by atoms with E-state index in [0.717, 1.165) is 5.56 Å². The number of para-hydroxylation sites is 2. The van der Waals surface area contributed by atoms with Crippen LogP contribution in [0.1, 0.15) is 32.3 Å². The minimum Gasteiger partial charge on any atom is -0.511 e. The number of hydrogen-bond acceptors (Lipinski definition) is 4. The third kappa shape index (κ3) is 4.45. The first-order chi connectivity index (χ1) is 12.9. The fraction of sp³-hybridized carbons (Fsp3) is 0.304. The first-order valence-corrected chi connectivity index (χ1v) is 9.10. The maximum atomic E-state index is 12.9. The van der Waals surface area contributed by atoms with Gasteiger partial charge in [0.1, 0.15) is 17.2 Å². The van der Waals surface area contributed by atoms with Crippen LogP contribution in [0, 0.1) is 5.41 Å². The quantitative estimate of drug-likeness (QED) is 0.599. The van der Waals surface area contributed by atoms with E-state index < -0.39 is 0 Å². The summed E-state index contributed by atoms with van der Waals surface area (Å²) in [5.41, 5.74) is 2.38. The van der Waals surface area contributed by atoms with Crippen LogP contribution in [0.5, 0.6) is 5.75 Å². The van der Waals surface area contributed by atoms with Gasteiger partial charge in [0.15, 0.2) is 5.78 Å². The van der Waals surface area contributed by atoms with Crippen LogP contribution in [0.2, 0.25) is 0 Å². The lowest BCUT2D eigenvalue weighted by Gasteiger charge is -2.31. The summed E-state index contributed by atoms with van der Waals surface area (Å²) >= 11 is 0. The molecule has 0 saturated heterocycles. The van der Waals surface area contributed by atoms with Gasteiger partial charge >= 0.3 is 0 Å². The van der Waals surface area contributed by atoms with E-state index in [-0.39, 0.29) is 17.0 Å². The number of carbonyl (C=O) groups is 1. The number of aliphatic hydroxyl groups is 1. The number of aliphatic imine (C=N–C) groups is 1. The summed E-state index contributed by atoms with van der Waals surface area (Å²) in [7, 11) is 1.60. The molecule has 2 aromatic carbocycles. The van der Waals surface area contributed by atoms with Crippen LogP contribution in [-0.4, -0.2) is 23.7 Å². The van der Waals surface area contributed by atoms with E-state index in [2.05, 4.69) is 0 Å². The second-order valence-corrected chi connectivity index (χ2v) is 7.66. The fourth-order valence-corrected chi connectivity index (χ4v) is 3.46. The molecular weight excluding hydrogens is 338 g/mol. The standard InChI is InChI=1S/C23H25NO3/c1-23(2)14-18(24-17-11-7-8-12-21(17)27-3)22(20(26)15-23)19(25)13-16-9-5-4-6-10-16/h4-12,25H,13-15H2,1-3H3. The lowest BCUT2D eigenvalue weighted by molar-refractivity contribution is -0.117. The van der Waals surface area contributed by atoms with Gasteiger partial charge in [-0.05, 0) is 29.5 Å². The molecule has 3 rings (SSSR count). The van der Waals surface area contributed by atoms with Gasteiger partial charge in [0, 0.05) is 12.8 Å². The van der Waals surface area contributed by atoms with Crippen LogP contribution in [0.4, 0.5) is 5.69 Å². The molecule has 0 atom stereocenters. The van der Waals surface area contributed by atoms with E-state index in [1.54, 1.807) is 7.11 Å². The van der Waals surface area contributed by atoms with Crippen LogP contribution in [0.25, 0.3) is 0 Å². The summed E-state index contributed by atoms with van der Waals surface area (Å²) in [6.45, 7) is 4.10. The number of carbonyl (C=O) groups excluding carboxylic acids is 1. The van der Waals surface area contributed by atoms with E-state index in [1.165, 1.54) is 0 Å². The predicted octanol–water partition coefficient (Wildman–Crippen LogP) is 5.21. The zero-order valence-electron chi connectivity index (χ0n) is 16.0. The summed E-state index contributed by atoms with van der Waals surface area (Å²) < 4.78 is 5.39. The zero-order valence-corrected chi connectivity index (χ0v) is 16.0. The van der Waals surface area contributed by atoms with Crippen molar-refractivity contribution in [2.45, 2.75) is 33.1 Å². The minimum atomic E-state index is -0.200. The second-order valence-electron chi connectivity index (χ2n) is 7.66. The summed E-state index contributed by atoms with van der Waals surface area (Å²) in [5, 5.41) is 10.8. The van der Waals surface area contributed by atoms with Gasteiger partial charge in [-0.25, -0.2) is 4.99 Å². The molecular formula is C23H25NO3. The summed E-state index contributed by atoms with van der Waals surface area (Å²) in [4.78, 5) is 17.6. The van der Waals surface area contributed by atoms with Crippen LogP contribution < -0.4 is 4.74 Å². The number of Topliss-reactive ketones (excluding diaryl/α,β-unsaturated/α-hetero) is 1. The molecule has 1 aliphatic carbocycles. The predicted molar refractivity (Wildman–Crippen MR) is 108 cm³/mol. The SMILES string of the molecule is COc1ccccc1N=C1CC(C)(C)CC(=O)C1=C(O)Cc1ccccc1. The number of benzene rings is 2. The summed E-state index contributed by atoms with van der Waals surface area (Å²) in [6, 6.07) is 17.1. The Balaban J connectivity index is 2.07. The topological polar surface area (TPSA) is 58.9 Å². The highest BCUT2D eigenvalue weighted by molar-refractivity contribution is 6.25. The Hall–Kier alpha value is -2.88. The Bertz CT molecular complexity index is 895. The number of methoxy groups -OCH3 is 1. The first-order valence-electron chi connectivity index (χ1n) is 9.10. The first kappa shape index (κ1) is 18.9. The van der Waals surface area contributed by atoms with E-state index >= 15 is 0 Å². The summed E-state index contributed by atoms with van der Waals surface area (Å²) in [6.07, 6.45) is 1.32. The Morgan fingerprint density at radius 2 is 1.74 bits per heavy atom. The number of hydrogen-bond donors (Lipinski definition) is 1. The Kier molecular flexibility index (Phi) is 5.45. The van der Waals surface area contributed by atoms with Gasteiger partial charge in [0.25, 0.3) is 0 Å². The van der Waals surface area contributed by atoms with Crippen molar-refractivity contribution in [3.05, 3.63) is 71.5 Å². The molecule has 1 N–H and O–H groups in total. The monoisotopic (exact) mass is 363 g/mol. The van der Waals surface area contributed by atoms with E-state index in [9.17, 15) is 9.90 Å². The van der Waals surface area contributed by atoms with Gasteiger partial charge in [-0.15, -0.1) is 0 Å². The Morgan fingerprint density at radius 1 is 1.07 bits per heavy atom. The molecule has 0 heterocycles. The number of aliphatic hydroxyl groups excluding tert-OH is 1. The number of ether oxygens (including phenoxy) is 1. The van der Waals surface area contributed by atoms with Gasteiger partial charge < -0.3 is 9.84 Å². The zero-order chi connectivity index (χ0) is 19.4. The normalized spacial score (nSPS) is 19.8. The second kappa shape index (κ2) is 7.78. The van der Waals surface area contributed by atoms with Crippen molar-refractivity contribution in [3.8, 4) is 5.75 Å². The third-order valence-corrected chi connectivity index (χ3v) is 4.70. The number of ketones is 1. The molecule has 4 heteroatoms. The average molecular weight is 363 g/mol. The largest absolute Gasteiger partial charge is 0.511 e. The van der Waals surface area contributed by atoms with Crippen LogP contribution >= 0.6 is 0 Å². The van der Waals surface area contributed by atoms with E-state index in [4.69, 9.17) is 9.73 Å². The number of rotatable bonds is 4. The van der Waals surface area contributed by atoms with Crippen LogP contribution in [0.3, 0.4) is 0 Å². The van der Waals surface area contributed by atoms with Crippen molar-refractivity contribution in [3.63, 3.8) is 0 Å². The molecule has 0 aliphatic heterocycles. The van der Waals surface area contributed by atoms with Crippen molar-refractivity contribution >= 4 is 17.2 Å². The molecule has 0 bridgehead atoms. The van der Waals surface area contributed by atoms with Crippen molar-refractivity contribution in [1.82, 2.24) is 0 Å². The molecule has 0 spiro atoms. The maximum absolute atomic E-state index is 12.9. The van der Waals surface area contributed by atoms with Gasteiger partial charge in [-0.2, -0.15) is 0 Å². The van der Waals surface area contributed by atoms with Crippen molar-refractivity contribution in [2.75, 3.05) is 7.11 Å². The lowest BCUT2D eigenvalue weighted by Crippen LogP contribution is -2.32. The average Bonchev–Trinajstić information content (AvgIpc) is 2.61. The molecule has 4 nitrogen and oxygen atoms in total. The molecule has 0 amide bonds. The maximum Gasteiger partial charge on any atom is 0.168 e. The smallest absolute Gasteiger partial charge is 0.168 e. The molecule has 0 unspecified atom stereocenters. The fourth-order valence-electron chi connectivity index (χ4n) is 3.46. The van der Waals surface area contributed by atoms with Gasteiger partial charge in [-0.3, -0.25) is 4.79 Å². The van der Waals surface area contributed by atoms with Crippen molar-refractivity contribution < 1.29 is 14.6 Å². The molecule has 2 aromatic rings.